The van der Waals surface area contributed by atoms with E-state index < -0.39 is 22.0 Å². The Morgan fingerprint density at radius 2 is 1.70 bits per heavy atom. The van der Waals surface area contributed by atoms with Crippen molar-refractivity contribution in [1.29, 1.82) is 0 Å². The number of hydrogen-bond acceptors (Lipinski definition) is 5. The van der Waals surface area contributed by atoms with Crippen LogP contribution in [0.5, 0.6) is 0 Å². The Bertz CT molecular complexity index is 695. The first kappa shape index (κ1) is 26.7. The van der Waals surface area contributed by atoms with Crippen molar-refractivity contribution < 1.29 is 36.3 Å². The Kier molecular flexibility index (Phi) is 9.59. The van der Waals surface area contributed by atoms with Gasteiger partial charge in [0.1, 0.15) is 0 Å². The summed E-state index contributed by atoms with van der Waals surface area (Å²) < 4.78 is 56.6. The lowest BCUT2D eigenvalue weighted by atomic mass is 9.87. The molecular weight excluding hydrogens is 425 g/mol. The maximum absolute atomic E-state index is 12.5. The van der Waals surface area contributed by atoms with Crippen LogP contribution in [0.1, 0.15) is 40.5 Å². The van der Waals surface area contributed by atoms with E-state index in [4.69, 9.17) is 9.90 Å². The molecule has 2 saturated heterocycles. The van der Waals surface area contributed by atoms with E-state index >= 15 is 0 Å². The largest absolute Gasteiger partial charge is 0.490 e. The number of fused-ring (bicyclic) bond motifs is 1. The summed E-state index contributed by atoms with van der Waals surface area (Å²) in [5, 5.41) is 9.78. The average Bonchev–Trinajstić information content (AvgIpc) is 3.03. The highest BCUT2D eigenvalue weighted by Gasteiger charge is 2.50. The molecule has 30 heavy (non-hydrogen) atoms. The number of nitrogens with one attached hydrogen (secondary N) is 1. The Balaban J connectivity index is 0.000000553. The third-order valence-corrected chi connectivity index (χ3v) is 7.59. The molecule has 11 heteroatoms. The first-order valence-electron chi connectivity index (χ1n) is 10.2. The highest BCUT2D eigenvalue weighted by Crippen LogP contribution is 2.37. The Morgan fingerprint density at radius 1 is 1.13 bits per heavy atom. The van der Waals surface area contributed by atoms with E-state index in [1.165, 1.54) is 0 Å². The van der Waals surface area contributed by atoms with Gasteiger partial charge in [-0.1, -0.05) is 27.7 Å². The molecule has 2 N–H and O–H groups in total. The number of likely N-dealkylation sites (tertiary alicyclic amines) is 1. The molecule has 0 unspecified atom stereocenters. The van der Waals surface area contributed by atoms with Gasteiger partial charge in [0, 0.05) is 31.5 Å². The van der Waals surface area contributed by atoms with Crippen molar-refractivity contribution >= 4 is 21.7 Å². The van der Waals surface area contributed by atoms with Gasteiger partial charge in [0.05, 0.1) is 11.0 Å². The number of carboxylic acids is 1. The van der Waals surface area contributed by atoms with E-state index in [9.17, 15) is 26.4 Å². The number of nitrogens with zero attached hydrogens (tertiary/aromatic N) is 1. The third-order valence-electron chi connectivity index (χ3n) is 5.36. The molecule has 0 aliphatic carbocycles. The van der Waals surface area contributed by atoms with Crippen LogP contribution in [0.2, 0.25) is 0 Å². The lowest BCUT2D eigenvalue weighted by Crippen LogP contribution is -2.47. The van der Waals surface area contributed by atoms with E-state index in [1.807, 2.05) is 0 Å². The van der Waals surface area contributed by atoms with E-state index in [1.54, 1.807) is 0 Å². The van der Waals surface area contributed by atoms with Gasteiger partial charge in [-0.3, -0.25) is 4.79 Å². The summed E-state index contributed by atoms with van der Waals surface area (Å²) in [6.45, 7) is 11.4. The van der Waals surface area contributed by atoms with Gasteiger partial charge in [-0.05, 0) is 31.2 Å². The number of carbonyl (C=O) groups excluding carboxylic acids is 1. The molecule has 0 radical (unpaired) electrons. The number of alkyl halides is 3. The number of sulfone groups is 1. The summed E-state index contributed by atoms with van der Waals surface area (Å²) in [5.41, 5.74) is 0. The van der Waals surface area contributed by atoms with Crippen molar-refractivity contribution in [2.45, 2.75) is 52.0 Å². The molecule has 0 bridgehead atoms. The molecule has 2 heterocycles. The molecule has 2 aliphatic rings. The first-order chi connectivity index (χ1) is 13.6. The molecule has 0 spiro atoms. The molecule has 2 fully saturated rings. The fraction of sp³-hybridized carbons (Fsp3) is 0.895. The molecule has 0 saturated carbocycles. The second-order valence-corrected chi connectivity index (χ2v) is 11.2. The summed E-state index contributed by atoms with van der Waals surface area (Å²) in [5.74, 6) is -1.71. The predicted octanol–water partition coefficient (Wildman–Crippen LogP) is 2.17. The minimum Gasteiger partial charge on any atom is -0.475 e. The van der Waals surface area contributed by atoms with Crippen LogP contribution in [-0.2, 0) is 19.4 Å². The summed E-state index contributed by atoms with van der Waals surface area (Å²) in [7, 11) is -3.05. The Labute approximate surface area is 176 Å². The average molecular weight is 459 g/mol. The van der Waals surface area contributed by atoms with Crippen LogP contribution in [0, 0.1) is 23.7 Å². The fourth-order valence-electron chi connectivity index (χ4n) is 3.69. The molecule has 2 aliphatic heterocycles. The predicted molar refractivity (Wildman–Crippen MR) is 107 cm³/mol. The molecule has 3 atom stereocenters. The first-order valence-corrected chi connectivity index (χ1v) is 11.9. The standard InChI is InChI=1S/C17H32N2O3S.C2HF3O2/c1-12(2)5-7-19-10-15-14(17(20)18-9-13(3)4)6-8-23(21,22)16(15)11-19;3-2(4,5)1(6)7/h12-16H,5-11H2,1-4H3,(H,18,20);(H,6,7)/t14-,15+,16+;/m0./s1. The van der Waals surface area contributed by atoms with Crippen molar-refractivity contribution in [3.63, 3.8) is 0 Å². The molecule has 7 nitrogen and oxygen atoms in total. The SMILES string of the molecule is CC(C)CCN1C[C@@H]2[C@@H](C(=O)NCC(C)C)CCS(=O)(=O)[C@@H]2C1.O=C(O)C(F)(F)F. The minimum atomic E-state index is -5.08. The van der Waals surface area contributed by atoms with Gasteiger partial charge in [-0.25, -0.2) is 13.2 Å². The number of amides is 1. The summed E-state index contributed by atoms with van der Waals surface area (Å²) in [6.07, 6.45) is -3.53. The second kappa shape index (κ2) is 10.8. The lowest BCUT2D eigenvalue weighted by molar-refractivity contribution is -0.192. The highest BCUT2D eigenvalue weighted by molar-refractivity contribution is 7.92. The lowest BCUT2D eigenvalue weighted by Gasteiger charge is -2.32. The van der Waals surface area contributed by atoms with Gasteiger partial charge in [0.25, 0.3) is 0 Å². The van der Waals surface area contributed by atoms with E-state index in [-0.39, 0.29) is 28.7 Å². The van der Waals surface area contributed by atoms with Crippen molar-refractivity contribution in [1.82, 2.24) is 10.2 Å². The van der Waals surface area contributed by atoms with Gasteiger partial charge in [0.15, 0.2) is 9.84 Å². The number of rotatable bonds is 6. The fourth-order valence-corrected chi connectivity index (χ4v) is 5.82. The zero-order valence-electron chi connectivity index (χ0n) is 17.9. The van der Waals surface area contributed by atoms with Gasteiger partial charge in [-0.2, -0.15) is 13.2 Å². The molecular formula is C19H33F3N2O5S. The third kappa shape index (κ3) is 8.05. The van der Waals surface area contributed by atoms with Crippen molar-refractivity contribution in [2.75, 3.05) is 31.9 Å². The monoisotopic (exact) mass is 458 g/mol. The van der Waals surface area contributed by atoms with Gasteiger partial charge >= 0.3 is 12.1 Å². The molecule has 1 amide bonds. The second-order valence-electron chi connectivity index (χ2n) is 8.85. The molecule has 176 valence electrons. The van der Waals surface area contributed by atoms with Crippen LogP contribution in [-0.4, -0.2) is 73.7 Å². The van der Waals surface area contributed by atoms with E-state index in [0.29, 0.717) is 31.3 Å². The summed E-state index contributed by atoms with van der Waals surface area (Å²) in [4.78, 5) is 23.7. The number of carboxylic acid groups (broad SMARTS) is 1. The zero-order chi connectivity index (χ0) is 23.3. The smallest absolute Gasteiger partial charge is 0.475 e. The van der Waals surface area contributed by atoms with E-state index in [0.717, 1.165) is 19.5 Å². The molecule has 0 aromatic rings. The van der Waals surface area contributed by atoms with Crippen LogP contribution in [0.25, 0.3) is 0 Å². The number of carbonyl (C=O) groups is 2. The van der Waals surface area contributed by atoms with Crippen molar-refractivity contribution in [2.24, 2.45) is 23.7 Å². The van der Waals surface area contributed by atoms with Crippen molar-refractivity contribution in [3.05, 3.63) is 0 Å². The minimum absolute atomic E-state index is 0.0342. The Hall–Kier alpha value is -1.36. The maximum atomic E-state index is 12.5. The summed E-state index contributed by atoms with van der Waals surface area (Å²) in [6, 6.07) is 0. The summed E-state index contributed by atoms with van der Waals surface area (Å²) >= 11 is 0. The zero-order valence-corrected chi connectivity index (χ0v) is 18.7. The van der Waals surface area contributed by atoms with Crippen LogP contribution >= 0.6 is 0 Å². The van der Waals surface area contributed by atoms with Gasteiger partial charge in [0.2, 0.25) is 5.91 Å². The topological polar surface area (TPSA) is 104 Å². The van der Waals surface area contributed by atoms with Crippen molar-refractivity contribution in [3.8, 4) is 0 Å². The quantitative estimate of drug-likeness (QED) is 0.632. The van der Waals surface area contributed by atoms with Crippen LogP contribution in [0.4, 0.5) is 13.2 Å². The maximum Gasteiger partial charge on any atom is 0.490 e. The number of halogens is 3. The van der Waals surface area contributed by atoms with Gasteiger partial charge in [-0.15, -0.1) is 0 Å². The number of aliphatic carboxylic acids is 1. The van der Waals surface area contributed by atoms with Crippen LogP contribution in [0.15, 0.2) is 0 Å². The normalized spacial score (nSPS) is 26.1. The molecule has 2 rings (SSSR count). The Morgan fingerprint density at radius 3 is 2.17 bits per heavy atom. The molecule has 0 aromatic heterocycles. The van der Waals surface area contributed by atoms with Gasteiger partial charge < -0.3 is 15.3 Å². The number of hydrogen-bond donors (Lipinski definition) is 2. The van der Waals surface area contributed by atoms with Crippen LogP contribution < -0.4 is 5.32 Å². The van der Waals surface area contributed by atoms with Crippen LogP contribution in [0.3, 0.4) is 0 Å². The molecule has 0 aromatic carbocycles. The van der Waals surface area contributed by atoms with E-state index in [2.05, 4.69) is 37.9 Å². The highest BCUT2D eigenvalue weighted by atomic mass is 32.2.